The van der Waals surface area contributed by atoms with Gasteiger partial charge in [-0.2, -0.15) is 0 Å². The van der Waals surface area contributed by atoms with E-state index in [2.05, 4.69) is 20.8 Å². The van der Waals surface area contributed by atoms with E-state index in [0.29, 0.717) is 13.0 Å². The predicted octanol–water partition coefficient (Wildman–Crippen LogP) is 14.0. The highest BCUT2D eigenvalue weighted by molar-refractivity contribution is 5.66. The maximum atomic E-state index is 10.4. The van der Waals surface area contributed by atoms with Gasteiger partial charge in [-0.1, -0.05) is 220 Å². The van der Waals surface area contributed by atoms with E-state index in [9.17, 15) is 4.79 Å². The van der Waals surface area contributed by atoms with Crippen LogP contribution in [0.3, 0.4) is 0 Å². The van der Waals surface area contributed by atoms with Gasteiger partial charge >= 0.3 is 5.97 Å². The third-order valence-electron chi connectivity index (χ3n) is 8.93. The zero-order chi connectivity index (χ0) is 31.9. The van der Waals surface area contributed by atoms with E-state index in [1.807, 2.05) is 0 Å². The second-order valence-electron chi connectivity index (χ2n) is 14.0. The molecule has 0 saturated heterocycles. The minimum atomic E-state index is -0.651. The SMILES string of the molecule is CC(C)CCCCCCCCCCCCCCCO.CCCCCCCCCCCCCCCCCCCCCC(=O)O. The number of carbonyl (C=O) groups is 1. The average molecular weight is 611 g/mol. The smallest absolute Gasteiger partial charge is 0.303 e. The quantitative estimate of drug-likeness (QED) is 0.0702. The predicted molar refractivity (Wildman–Crippen MR) is 192 cm³/mol. The molecule has 2 N–H and O–H groups in total. The maximum Gasteiger partial charge on any atom is 0.303 e. The summed E-state index contributed by atoms with van der Waals surface area (Å²) in [6, 6.07) is 0. The summed E-state index contributed by atoms with van der Waals surface area (Å²) in [7, 11) is 0. The summed E-state index contributed by atoms with van der Waals surface area (Å²) in [4.78, 5) is 10.4. The van der Waals surface area contributed by atoms with Gasteiger partial charge in [-0.25, -0.2) is 0 Å². The Hall–Kier alpha value is -0.570. The Labute approximate surface area is 272 Å². The van der Waals surface area contributed by atoms with E-state index in [4.69, 9.17) is 10.2 Å². The Morgan fingerprint density at radius 3 is 0.930 bits per heavy atom. The number of rotatable bonds is 35. The molecule has 0 aliphatic heterocycles. The fourth-order valence-electron chi connectivity index (χ4n) is 5.96. The fraction of sp³-hybridized carbons (Fsp3) is 0.975. The van der Waals surface area contributed by atoms with Crippen molar-refractivity contribution in [3.8, 4) is 0 Å². The van der Waals surface area contributed by atoms with Gasteiger partial charge in [0.2, 0.25) is 0 Å². The Bertz CT molecular complexity index is 490. The third kappa shape index (κ3) is 48.5. The molecule has 0 amide bonds. The lowest BCUT2D eigenvalue weighted by Crippen LogP contribution is -1.93. The van der Waals surface area contributed by atoms with Gasteiger partial charge < -0.3 is 10.2 Å². The van der Waals surface area contributed by atoms with Gasteiger partial charge in [0.1, 0.15) is 0 Å². The molecule has 0 bridgehead atoms. The van der Waals surface area contributed by atoms with Crippen molar-refractivity contribution in [2.75, 3.05) is 6.61 Å². The van der Waals surface area contributed by atoms with Crippen molar-refractivity contribution in [2.24, 2.45) is 5.92 Å². The molecule has 0 fully saturated rings. The highest BCUT2D eigenvalue weighted by Crippen LogP contribution is 2.16. The number of carboxylic acid groups (broad SMARTS) is 1. The summed E-state index contributed by atoms with van der Waals surface area (Å²) in [6.45, 7) is 7.30. The molecule has 43 heavy (non-hydrogen) atoms. The van der Waals surface area contributed by atoms with Crippen molar-refractivity contribution in [3.63, 3.8) is 0 Å². The van der Waals surface area contributed by atoms with E-state index in [-0.39, 0.29) is 0 Å². The van der Waals surface area contributed by atoms with Crippen molar-refractivity contribution in [3.05, 3.63) is 0 Å². The molecule has 0 radical (unpaired) electrons. The number of aliphatic hydroxyl groups excluding tert-OH is 1. The normalized spacial score (nSPS) is 11.2. The van der Waals surface area contributed by atoms with E-state index in [1.165, 1.54) is 193 Å². The summed E-state index contributed by atoms with van der Waals surface area (Å²) >= 11 is 0. The van der Waals surface area contributed by atoms with Crippen LogP contribution in [0.5, 0.6) is 0 Å². The Morgan fingerprint density at radius 1 is 0.419 bits per heavy atom. The lowest BCUT2D eigenvalue weighted by Gasteiger charge is -2.04. The van der Waals surface area contributed by atoms with E-state index in [1.54, 1.807) is 0 Å². The first-order valence-corrected chi connectivity index (χ1v) is 19.9. The summed E-state index contributed by atoms with van der Waals surface area (Å²) in [5.74, 6) is 0.236. The molecule has 0 heterocycles. The minimum absolute atomic E-state index is 0.346. The summed E-state index contributed by atoms with van der Waals surface area (Å²) in [6.07, 6.45) is 45.4. The van der Waals surface area contributed by atoms with Crippen LogP contribution in [0, 0.1) is 5.92 Å². The van der Waals surface area contributed by atoms with Gasteiger partial charge in [-0.15, -0.1) is 0 Å². The van der Waals surface area contributed by atoms with Crippen LogP contribution in [0.1, 0.15) is 239 Å². The zero-order valence-corrected chi connectivity index (χ0v) is 30.1. The summed E-state index contributed by atoms with van der Waals surface area (Å²) < 4.78 is 0. The molecule has 0 aromatic rings. The van der Waals surface area contributed by atoms with Gasteiger partial charge in [-0.3, -0.25) is 4.79 Å². The maximum absolute atomic E-state index is 10.4. The molecule has 3 heteroatoms. The highest BCUT2D eigenvalue weighted by Gasteiger charge is 1.98. The van der Waals surface area contributed by atoms with Crippen molar-refractivity contribution in [1.82, 2.24) is 0 Å². The number of hydrogen-bond donors (Lipinski definition) is 2. The molecule has 0 atom stereocenters. The molecular weight excluding hydrogens is 528 g/mol. The first-order chi connectivity index (χ1) is 21.0. The Morgan fingerprint density at radius 2 is 0.674 bits per heavy atom. The van der Waals surface area contributed by atoms with Crippen LogP contribution >= 0.6 is 0 Å². The number of unbranched alkanes of at least 4 members (excludes halogenated alkanes) is 30. The van der Waals surface area contributed by atoms with Crippen molar-refractivity contribution >= 4 is 5.97 Å². The summed E-state index contributed by atoms with van der Waals surface area (Å²) in [5, 5.41) is 17.2. The van der Waals surface area contributed by atoms with Gasteiger partial charge in [0, 0.05) is 13.0 Å². The van der Waals surface area contributed by atoms with E-state index in [0.717, 1.165) is 25.2 Å². The van der Waals surface area contributed by atoms with Crippen LogP contribution in [0.25, 0.3) is 0 Å². The van der Waals surface area contributed by atoms with Crippen LogP contribution in [-0.4, -0.2) is 22.8 Å². The van der Waals surface area contributed by atoms with Crippen LogP contribution in [0.4, 0.5) is 0 Å². The van der Waals surface area contributed by atoms with Crippen LogP contribution in [-0.2, 0) is 4.79 Å². The molecule has 0 aliphatic rings. The topological polar surface area (TPSA) is 57.5 Å². The largest absolute Gasteiger partial charge is 0.481 e. The third-order valence-corrected chi connectivity index (χ3v) is 8.93. The van der Waals surface area contributed by atoms with Crippen LogP contribution in [0.15, 0.2) is 0 Å². The monoisotopic (exact) mass is 611 g/mol. The average Bonchev–Trinajstić information content (AvgIpc) is 2.98. The second-order valence-corrected chi connectivity index (χ2v) is 14.0. The molecule has 260 valence electrons. The molecule has 0 rings (SSSR count). The van der Waals surface area contributed by atoms with Gasteiger partial charge in [0.15, 0.2) is 0 Å². The minimum Gasteiger partial charge on any atom is -0.481 e. The number of aliphatic hydroxyl groups is 1. The van der Waals surface area contributed by atoms with Crippen LogP contribution in [0.2, 0.25) is 0 Å². The lowest BCUT2D eigenvalue weighted by molar-refractivity contribution is -0.137. The van der Waals surface area contributed by atoms with E-state index < -0.39 is 5.97 Å². The van der Waals surface area contributed by atoms with Crippen molar-refractivity contribution < 1.29 is 15.0 Å². The molecule has 0 aromatic carbocycles. The number of carboxylic acids is 1. The zero-order valence-electron chi connectivity index (χ0n) is 30.1. The second kappa shape index (κ2) is 41.4. The number of hydrogen-bond acceptors (Lipinski definition) is 2. The molecular formula is C40H82O3. The van der Waals surface area contributed by atoms with Crippen molar-refractivity contribution in [1.29, 1.82) is 0 Å². The lowest BCUT2D eigenvalue weighted by atomic mass is 10.0. The van der Waals surface area contributed by atoms with E-state index >= 15 is 0 Å². The molecule has 0 unspecified atom stereocenters. The molecule has 0 aliphatic carbocycles. The van der Waals surface area contributed by atoms with Gasteiger partial charge in [0.05, 0.1) is 0 Å². The summed E-state index contributed by atoms with van der Waals surface area (Å²) in [5.41, 5.74) is 0. The first-order valence-electron chi connectivity index (χ1n) is 19.9. The fourth-order valence-corrected chi connectivity index (χ4v) is 5.96. The molecule has 0 aromatic heterocycles. The first kappa shape index (κ1) is 44.6. The highest BCUT2D eigenvalue weighted by atomic mass is 16.4. The Kier molecular flexibility index (Phi) is 42.9. The standard InChI is InChI=1S/C22H44O2.C18H38O/c1-2-3-4-5-6-7-8-9-10-11-12-13-14-15-16-17-18-19-20-21-22(23)24;1-18(2)16-14-12-10-8-6-4-3-5-7-9-11-13-15-17-19/h2-21H2,1H3,(H,23,24);18-19H,3-17H2,1-2H3. The number of aliphatic carboxylic acids is 1. The van der Waals surface area contributed by atoms with Gasteiger partial charge in [0.25, 0.3) is 0 Å². The van der Waals surface area contributed by atoms with Crippen molar-refractivity contribution in [2.45, 2.75) is 239 Å². The Balaban J connectivity index is 0. The molecule has 0 spiro atoms. The van der Waals surface area contributed by atoms with Crippen LogP contribution < -0.4 is 0 Å². The van der Waals surface area contributed by atoms with Gasteiger partial charge in [-0.05, 0) is 18.8 Å². The molecule has 3 nitrogen and oxygen atoms in total. The molecule has 0 saturated carbocycles.